The molecule has 1 amide bonds. The fourth-order valence-corrected chi connectivity index (χ4v) is 3.01. The first-order chi connectivity index (χ1) is 8.27. The first kappa shape index (κ1) is 12.6. The van der Waals surface area contributed by atoms with E-state index in [1.165, 1.54) is 37.0 Å². The van der Waals surface area contributed by atoms with Crippen molar-refractivity contribution in [1.82, 2.24) is 10.2 Å². The van der Waals surface area contributed by atoms with E-state index >= 15 is 0 Å². The molecule has 3 nitrogen and oxygen atoms in total. The standard InChI is InChI=1S/C13H20N2OS/c1-15(11-5-2-3-6-11)9-8-14-13(16)12-7-4-10-17-12/h4,7,10-11H,2-3,5-6,8-9H2,1H3,(H,14,16). The molecule has 94 valence electrons. The molecule has 1 aromatic heterocycles. The van der Waals surface area contributed by atoms with Crippen LogP contribution in [0.2, 0.25) is 0 Å². The lowest BCUT2D eigenvalue weighted by atomic mass is 10.2. The minimum Gasteiger partial charge on any atom is -0.350 e. The van der Waals surface area contributed by atoms with Crippen LogP contribution < -0.4 is 5.32 Å². The number of hydrogen-bond donors (Lipinski definition) is 1. The largest absolute Gasteiger partial charge is 0.350 e. The van der Waals surface area contributed by atoms with E-state index in [2.05, 4.69) is 17.3 Å². The summed E-state index contributed by atoms with van der Waals surface area (Å²) >= 11 is 1.49. The summed E-state index contributed by atoms with van der Waals surface area (Å²) in [6, 6.07) is 4.50. The van der Waals surface area contributed by atoms with Crippen molar-refractivity contribution < 1.29 is 4.79 Å². The zero-order valence-corrected chi connectivity index (χ0v) is 11.1. The van der Waals surface area contributed by atoms with E-state index in [9.17, 15) is 4.79 Å². The molecule has 0 unspecified atom stereocenters. The Morgan fingerprint density at radius 1 is 1.53 bits per heavy atom. The van der Waals surface area contributed by atoms with Crippen LogP contribution in [0.4, 0.5) is 0 Å². The molecule has 1 fully saturated rings. The minimum atomic E-state index is 0.0554. The van der Waals surface area contributed by atoms with Crippen LogP contribution in [0, 0.1) is 0 Å². The summed E-state index contributed by atoms with van der Waals surface area (Å²) in [7, 11) is 2.16. The van der Waals surface area contributed by atoms with Crippen LogP contribution in [0.25, 0.3) is 0 Å². The molecule has 17 heavy (non-hydrogen) atoms. The third kappa shape index (κ3) is 3.54. The Morgan fingerprint density at radius 3 is 2.94 bits per heavy atom. The van der Waals surface area contributed by atoms with Crippen molar-refractivity contribution in [3.63, 3.8) is 0 Å². The highest BCUT2D eigenvalue weighted by Crippen LogP contribution is 2.21. The van der Waals surface area contributed by atoms with Crippen molar-refractivity contribution in [2.24, 2.45) is 0 Å². The number of carbonyl (C=O) groups excluding carboxylic acids is 1. The molecule has 1 aromatic rings. The number of likely N-dealkylation sites (N-methyl/N-ethyl adjacent to an activating group) is 1. The third-order valence-corrected chi connectivity index (χ3v) is 4.31. The fourth-order valence-electron chi connectivity index (χ4n) is 2.37. The predicted octanol–water partition coefficient (Wildman–Crippen LogP) is 2.35. The zero-order chi connectivity index (χ0) is 12.1. The molecule has 0 saturated heterocycles. The van der Waals surface area contributed by atoms with Gasteiger partial charge in [-0.05, 0) is 31.3 Å². The summed E-state index contributed by atoms with van der Waals surface area (Å²) in [4.78, 5) is 14.9. The monoisotopic (exact) mass is 252 g/mol. The Labute approximate surface area is 107 Å². The molecule has 0 bridgehead atoms. The maximum absolute atomic E-state index is 11.7. The minimum absolute atomic E-state index is 0.0554. The van der Waals surface area contributed by atoms with Crippen LogP contribution in [0.1, 0.15) is 35.4 Å². The van der Waals surface area contributed by atoms with Crippen LogP contribution in [-0.4, -0.2) is 37.0 Å². The van der Waals surface area contributed by atoms with Crippen molar-refractivity contribution in [2.45, 2.75) is 31.7 Å². The van der Waals surface area contributed by atoms with Crippen molar-refractivity contribution in [2.75, 3.05) is 20.1 Å². The van der Waals surface area contributed by atoms with Crippen molar-refractivity contribution >= 4 is 17.2 Å². The SMILES string of the molecule is CN(CCNC(=O)c1cccs1)C1CCCC1. The smallest absolute Gasteiger partial charge is 0.261 e. The van der Waals surface area contributed by atoms with Gasteiger partial charge in [-0.3, -0.25) is 4.79 Å². The fraction of sp³-hybridized carbons (Fsp3) is 0.615. The molecule has 1 aliphatic rings. The van der Waals surface area contributed by atoms with E-state index < -0.39 is 0 Å². The van der Waals surface area contributed by atoms with Crippen LogP contribution in [0.3, 0.4) is 0 Å². The topological polar surface area (TPSA) is 32.3 Å². The van der Waals surface area contributed by atoms with Gasteiger partial charge >= 0.3 is 0 Å². The van der Waals surface area contributed by atoms with Gasteiger partial charge in [-0.15, -0.1) is 11.3 Å². The third-order valence-electron chi connectivity index (χ3n) is 3.44. The summed E-state index contributed by atoms with van der Waals surface area (Å²) in [6.07, 6.45) is 5.35. The second-order valence-electron chi connectivity index (χ2n) is 4.65. The normalized spacial score (nSPS) is 16.6. The molecule has 1 N–H and O–H groups in total. The number of thiophene rings is 1. The summed E-state index contributed by atoms with van der Waals surface area (Å²) in [6.45, 7) is 1.69. The summed E-state index contributed by atoms with van der Waals surface area (Å²) in [5, 5.41) is 4.90. The number of rotatable bonds is 5. The molecule has 0 aliphatic heterocycles. The average Bonchev–Trinajstić information content (AvgIpc) is 3.02. The van der Waals surface area contributed by atoms with Gasteiger partial charge < -0.3 is 10.2 Å². The highest BCUT2D eigenvalue weighted by atomic mass is 32.1. The van der Waals surface area contributed by atoms with Crippen LogP contribution in [-0.2, 0) is 0 Å². The van der Waals surface area contributed by atoms with E-state index in [0.29, 0.717) is 0 Å². The molecule has 0 radical (unpaired) electrons. The van der Waals surface area contributed by atoms with Gasteiger partial charge in [0.25, 0.3) is 5.91 Å². The number of nitrogens with zero attached hydrogens (tertiary/aromatic N) is 1. The molecule has 1 saturated carbocycles. The van der Waals surface area contributed by atoms with Gasteiger partial charge in [0.1, 0.15) is 0 Å². The van der Waals surface area contributed by atoms with E-state index in [0.717, 1.165) is 24.0 Å². The summed E-state index contributed by atoms with van der Waals surface area (Å²) in [5.41, 5.74) is 0. The zero-order valence-electron chi connectivity index (χ0n) is 10.3. The van der Waals surface area contributed by atoms with Crippen LogP contribution >= 0.6 is 11.3 Å². The van der Waals surface area contributed by atoms with Crippen molar-refractivity contribution in [3.05, 3.63) is 22.4 Å². The molecule has 4 heteroatoms. The van der Waals surface area contributed by atoms with Gasteiger partial charge in [0, 0.05) is 19.1 Å². The van der Waals surface area contributed by atoms with Gasteiger partial charge in [-0.1, -0.05) is 18.9 Å². The first-order valence-electron chi connectivity index (χ1n) is 6.29. The second kappa shape index (κ2) is 6.17. The average molecular weight is 252 g/mol. The highest BCUT2D eigenvalue weighted by molar-refractivity contribution is 7.12. The Kier molecular flexibility index (Phi) is 4.57. The first-order valence-corrected chi connectivity index (χ1v) is 7.17. The lowest BCUT2D eigenvalue weighted by Gasteiger charge is -2.23. The van der Waals surface area contributed by atoms with Gasteiger partial charge in [-0.25, -0.2) is 0 Å². The Bertz CT molecular complexity index is 344. The molecule has 0 spiro atoms. The lowest BCUT2D eigenvalue weighted by Crippen LogP contribution is -2.37. The quantitative estimate of drug-likeness (QED) is 0.872. The Morgan fingerprint density at radius 2 is 2.29 bits per heavy atom. The predicted molar refractivity (Wildman–Crippen MR) is 71.5 cm³/mol. The second-order valence-corrected chi connectivity index (χ2v) is 5.60. The molecule has 0 aromatic carbocycles. The van der Waals surface area contributed by atoms with E-state index in [-0.39, 0.29) is 5.91 Å². The number of amides is 1. The van der Waals surface area contributed by atoms with Crippen LogP contribution in [0.15, 0.2) is 17.5 Å². The Balaban J connectivity index is 1.67. The van der Waals surface area contributed by atoms with E-state index in [1.807, 2.05) is 17.5 Å². The van der Waals surface area contributed by atoms with Gasteiger partial charge in [0.05, 0.1) is 4.88 Å². The molecular weight excluding hydrogens is 232 g/mol. The molecule has 2 rings (SSSR count). The number of hydrogen-bond acceptors (Lipinski definition) is 3. The highest BCUT2D eigenvalue weighted by Gasteiger charge is 2.19. The van der Waals surface area contributed by atoms with Crippen molar-refractivity contribution in [1.29, 1.82) is 0 Å². The molecule has 0 atom stereocenters. The van der Waals surface area contributed by atoms with Crippen LogP contribution in [0.5, 0.6) is 0 Å². The maximum Gasteiger partial charge on any atom is 0.261 e. The van der Waals surface area contributed by atoms with Crippen molar-refractivity contribution in [3.8, 4) is 0 Å². The van der Waals surface area contributed by atoms with Gasteiger partial charge in [0.15, 0.2) is 0 Å². The number of nitrogens with one attached hydrogen (secondary N) is 1. The van der Waals surface area contributed by atoms with E-state index in [4.69, 9.17) is 0 Å². The van der Waals surface area contributed by atoms with Gasteiger partial charge in [0.2, 0.25) is 0 Å². The summed E-state index contributed by atoms with van der Waals surface area (Å²) in [5.74, 6) is 0.0554. The maximum atomic E-state index is 11.7. The Hall–Kier alpha value is -0.870. The number of carbonyl (C=O) groups is 1. The molecular formula is C13H20N2OS. The molecule has 1 heterocycles. The van der Waals surface area contributed by atoms with E-state index in [1.54, 1.807) is 0 Å². The lowest BCUT2D eigenvalue weighted by molar-refractivity contribution is 0.0951. The molecule has 1 aliphatic carbocycles. The summed E-state index contributed by atoms with van der Waals surface area (Å²) < 4.78 is 0. The van der Waals surface area contributed by atoms with Gasteiger partial charge in [-0.2, -0.15) is 0 Å².